The molecule has 0 unspecified atom stereocenters. The number of nitrogens with zero attached hydrogens (tertiary/aromatic N) is 6. The van der Waals surface area contributed by atoms with Crippen LogP contribution in [0.5, 0.6) is 11.5 Å². The van der Waals surface area contributed by atoms with E-state index in [9.17, 15) is 14.9 Å². The zero-order valence-corrected chi connectivity index (χ0v) is 17.3. The maximum atomic E-state index is 11.5. The Labute approximate surface area is 192 Å². The summed E-state index contributed by atoms with van der Waals surface area (Å²) in [4.78, 5) is 36.4. The van der Waals surface area contributed by atoms with Crippen LogP contribution >= 0.6 is 0 Å². The van der Waals surface area contributed by atoms with E-state index in [0.29, 0.717) is 22.5 Å². The van der Waals surface area contributed by atoms with Gasteiger partial charge in [0.15, 0.2) is 23.1 Å². The molecule has 16 nitrogen and oxygen atoms in total. The predicted octanol–water partition coefficient (Wildman–Crippen LogP) is 2.01. The Bertz CT molecular complexity index is 1700. The van der Waals surface area contributed by atoms with Crippen molar-refractivity contribution >= 4 is 51.6 Å². The van der Waals surface area contributed by atoms with Crippen LogP contribution in [-0.4, -0.2) is 48.2 Å². The average Bonchev–Trinajstić information content (AvgIpc) is 3.56. The van der Waals surface area contributed by atoms with Crippen molar-refractivity contribution in [1.82, 2.24) is 30.2 Å². The molecule has 174 valence electrons. The highest BCUT2D eigenvalue weighted by atomic mass is 16.7. The van der Waals surface area contributed by atoms with Crippen LogP contribution in [0, 0.1) is 10.1 Å². The summed E-state index contributed by atoms with van der Waals surface area (Å²) in [7, 11) is 0. The van der Waals surface area contributed by atoms with Crippen LogP contribution in [0.2, 0.25) is 0 Å². The van der Waals surface area contributed by atoms with Crippen LogP contribution in [0.4, 0.5) is 23.0 Å². The van der Waals surface area contributed by atoms with E-state index in [0.717, 1.165) is 0 Å². The molecule has 1 aliphatic rings. The lowest BCUT2D eigenvalue weighted by atomic mass is 10.1. The number of H-pyrrole nitrogens is 2. The van der Waals surface area contributed by atoms with E-state index in [-0.39, 0.29) is 52.4 Å². The molecule has 0 radical (unpaired) electrons. The summed E-state index contributed by atoms with van der Waals surface area (Å²) in [5.74, 6) is 0.995. The monoisotopic (exact) mass is 476 g/mol. The first-order valence-corrected chi connectivity index (χ1v) is 9.90. The van der Waals surface area contributed by atoms with E-state index >= 15 is 0 Å². The minimum Gasteiger partial charge on any atom is -0.454 e. The Balaban J connectivity index is 1.33. The van der Waals surface area contributed by atoms with Crippen molar-refractivity contribution < 1.29 is 19.0 Å². The summed E-state index contributed by atoms with van der Waals surface area (Å²) in [5, 5.41) is 26.0. The van der Waals surface area contributed by atoms with Gasteiger partial charge in [0.1, 0.15) is 0 Å². The molecule has 0 spiro atoms. The number of benzene rings is 2. The van der Waals surface area contributed by atoms with Gasteiger partial charge in [-0.2, -0.15) is 10.1 Å². The molecule has 0 bridgehead atoms. The Kier molecular flexibility index (Phi) is 4.48. The van der Waals surface area contributed by atoms with Crippen molar-refractivity contribution in [3.8, 4) is 11.5 Å². The number of hydrogen-bond donors (Lipinski definition) is 4. The molecule has 2 aromatic carbocycles. The molecule has 0 saturated carbocycles. The fraction of sp³-hybridized carbons (Fsp3) is 0.0526. The number of hydrazone groups is 1. The highest BCUT2D eigenvalue weighted by molar-refractivity contribution is 5.88. The first-order chi connectivity index (χ1) is 17.0. The maximum absolute atomic E-state index is 11.5. The predicted molar refractivity (Wildman–Crippen MR) is 120 cm³/mol. The highest BCUT2D eigenvalue weighted by Crippen LogP contribution is 2.37. The van der Waals surface area contributed by atoms with Crippen LogP contribution in [0.15, 0.2) is 44.9 Å². The molecule has 0 fully saturated rings. The fourth-order valence-corrected chi connectivity index (χ4v) is 3.42. The molecule has 4 N–H and O–H groups in total. The molecule has 1 aliphatic heterocycles. The highest BCUT2D eigenvalue weighted by Gasteiger charge is 2.22. The molecule has 5 aromatic rings. The Morgan fingerprint density at radius 2 is 1.77 bits per heavy atom. The van der Waals surface area contributed by atoms with Crippen LogP contribution in [0.3, 0.4) is 0 Å². The van der Waals surface area contributed by atoms with Crippen molar-refractivity contribution in [3.05, 3.63) is 56.5 Å². The largest absolute Gasteiger partial charge is 0.454 e. The first-order valence-electron chi connectivity index (χ1n) is 9.90. The van der Waals surface area contributed by atoms with Crippen molar-refractivity contribution in [1.29, 1.82) is 0 Å². The molecule has 6 rings (SSSR count). The number of aromatic nitrogens is 6. The Hall–Kier alpha value is -5.54. The lowest BCUT2D eigenvalue weighted by Crippen LogP contribution is -2.03. The van der Waals surface area contributed by atoms with Gasteiger partial charge in [0, 0.05) is 5.69 Å². The molecular weight excluding hydrogens is 464 g/mol. The van der Waals surface area contributed by atoms with Gasteiger partial charge < -0.3 is 24.8 Å². The molecular formula is C19H12N10O6. The summed E-state index contributed by atoms with van der Waals surface area (Å²) >= 11 is 0. The zero-order chi connectivity index (χ0) is 23.9. The molecule has 16 heteroatoms. The summed E-state index contributed by atoms with van der Waals surface area (Å²) in [6, 6.07) is 7.85. The molecule has 0 aliphatic carbocycles. The zero-order valence-electron chi connectivity index (χ0n) is 17.3. The Morgan fingerprint density at radius 1 is 1.03 bits per heavy atom. The normalized spacial score (nSPS) is 12.6. The first kappa shape index (κ1) is 20.1. The molecule has 3 aromatic heterocycles. The van der Waals surface area contributed by atoms with Crippen LogP contribution in [-0.2, 0) is 0 Å². The number of anilines is 3. The Morgan fingerprint density at radius 3 is 2.57 bits per heavy atom. The van der Waals surface area contributed by atoms with Crippen molar-refractivity contribution in [2.75, 3.05) is 17.5 Å². The summed E-state index contributed by atoms with van der Waals surface area (Å²) in [6.07, 6.45) is 1.24. The van der Waals surface area contributed by atoms with Crippen molar-refractivity contribution in [2.45, 2.75) is 0 Å². The number of imidazole rings is 1. The van der Waals surface area contributed by atoms with Gasteiger partial charge in [-0.1, -0.05) is 0 Å². The lowest BCUT2D eigenvalue weighted by Gasteiger charge is -2.09. The van der Waals surface area contributed by atoms with Gasteiger partial charge in [0.2, 0.25) is 18.1 Å². The topological polar surface area (TPSA) is 211 Å². The average molecular weight is 476 g/mol. The van der Waals surface area contributed by atoms with Gasteiger partial charge in [0.25, 0.3) is 5.69 Å². The summed E-state index contributed by atoms with van der Waals surface area (Å²) in [6.45, 7) is -0.0237. The number of hydrogen-bond acceptors (Lipinski definition) is 13. The standard InChI is InChI=1S/C19H12N10O6/c30-19-22-10-2-1-9(4-11(10)23-19)21-15-16(25-18-17(24-15)27-35-28-18)26-20-6-8-3-13-14(34-7-33-13)5-12(8)29(31)32/h1-6H,7H2,(H,21,24,27)(H2,22,23,30)(H,25,26,28). The smallest absolute Gasteiger partial charge is 0.323 e. The molecule has 0 saturated heterocycles. The number of ether oxygens (including phenoxy) is 2. The van der Waals surface area contributed by atoms with Gasteiger partial charge in [-0.15, -0.1) is 0 Å². The molecule has 0 amide bonds. The second-order valence-corrected chi connectivity index (χ2v) is 7.19. The summed E-state index contributed by atoms with van der Waals surface area (Å²) in [5.41, 5.74) is 4.40. The second-order valence-electron chi connectivity index (χ2n) is 7.19. The third-order valence-corrected chi connectivity index (χ3v) is 4.99. The quantitative estimate of drug-likeness (QED) is 0.157. The number of aromatic amines is 2. The van der Waals surface area contributed by atoms with Gasteiger partial charge in [-0.25, -0.2) is 14.4 Å². The van der Waals surface area contributed by atoms with Crippen LogP contribution in [0.1, 0.15) is 5.56 Å². The second kappa shape index (κ2) is 7.80. The molecule has 0 atom stereocenters. The van der Waals surface area contributed by atoms with Gasteiger partial charge in [-0.05, 0) is 34.6 Å². The van der Waals surface area contributed by atoms with Crippen LogP contribution < -0.4 is 25.9 Å². The maximum Gasteiger partial charge on any atom is 0.323 e. The van der Waals surface area contributed by atoms with E-state index in [1.807, 2.05) is 0 Å². The summed E-state index contributed by atoms with van der Waals surface area (Å²) < 4.78 is 15.2. The number of nitro benzene ring substituents is 1. The lowest BCUT2D eigenvalue weighted by molar-refractivity contribution is -0.385. The van der Waals surface area contributed by atoms with E-state index < -0.39 is 4.92 Å². The van der Waals surface area contributed by atoms with E-state index in [2.05, 4.69) is 50.7 Å². The third-order valence-electron chi connectivity index (χ3n) is 4.99. The van der Waals surface area contributed by atoms with E-state index in [1.165, 1.54) is 18.3 Å². The van der Waals surface area contributed by atoms with E-state index in [4.69, 9.17) is 9.47 Å². The molecule has 4 heterocycles. The van der Waals surface area contributed by atoms with Gasteiger partial charge in [-0.3, -0.25) is 15.5 Å². The SMILES string of the molecule is O=c1[nH]c2ccc(Nc3nc4nonc4nc3NN=Cc3cc4c(cc3[N+](=O)[O-])OCO4)cc2[nH]1. The minimum absolute atomic E-state index is 0.0237. The van der Waals surface area contributed by atoms with Gasteiger partial charge in [0.05, 0.1) is 33.8 Å². The number of nitrogens with one attached hydrogen (secondary N) is 4. The molecule has 35 heavy (non-hydrogen) atoms. The number of rotatable bonds is 6. The van der Waals surface area contributed by atoms with Crippen LogP contribution in [0.25, 0.3) is 22.3 Å². The number of fused-ring (bicyclic) bond motifs is 3. The minimum atomic E-state index is -0.551. The van der Waals surface area contributed by atoms with Gasteiger partial charge >= 0.3 is 5.69 Å². The number of nitro groups is 1. The van der Waals surface area contributed by atoms with E-state index in [1.54, 1.807) is 18.2 Å². The van der Waals surface area contributed by atoms with Crippen molar-refractivity contribution in [3.63, 3.8) is 0 Å². The third kappa shape index (κ3) is 3.69. The fourth-order valence-electron chi connectivity index (χ4n) is 3.42. The van der Waals surface area contributed by atoms with Crippen molar-refractivity contribution in [2.24, 2.45) is 5.10 Å².